The molecule has 0 spiro atoms. The van der Waals surface area contributed by atoms with E-state index in [1.807, 2.05) is 44.2 Å². The predicted molar refractivity (Wildman–Crippen MR) is 205 cm³/mol. The van der Waals surface area contributed by atoms with Crippen LogP contribution in [0.1, 0.15) is 81.9 Å². The molecule has 0 saturated heterocycles. The predicted octanol–water partition coefficient (Wildman–Crippen LogP) is 2.68. The molecule has 3 atom stereocenters. The van der Waals surface area contributed by atoms with Gasteiger partial charge in [-0.05, 0) is 82.7 Å². The Kier molecular flexibility index (Phi) is 14.4. The van der Waals surface area contributed by atoms with Gasteiger partial charge in [-0.25, -0.2) is 0 Å². The van der Waals surface area contributed by atoms with E-state index in [9.17, 15) is 19.2 Å². The van der Waals surface area contributed by atoms with E-state index in [1.54, 1.807) is 12.1 Å². The Morgan fingerprint density at radius 1 is 0.870 bits per heavy atom. The van der Waals surface area contributed by atoms with Crippen molar-refractivity contribution < 1.29 is 38.1 Å². The van der Waals surface area contributed by atoms with Gasteiger partial charge in [-0.2, -0.15) is 0 Å². The lowest BCUT2D eigenvalue weighted by atomic mass is 9.88. The first-order chi connectivity index (χ1) is 25.6. The van der Waals surface area contributed by atoms with E-state index in [1.165, 1.54) is 6.92 Å². The van der Waals surface area contributed by atoms with Crippen LogP contribution in [0.4, 0.5) is 0 Å². The van der Waals surface area contributed by atoms with Gasteiger partial charge in [0.05, 0.1) is 12.2 Å². The second kappa shape index (κ2) is 18.9. The van der Waals surface area contributed by atoms with Crippen molar-refractivity contribution in [2.24, 2.45) is 50.5 Å². The molecule has 292 valence electrons. The van der Waals surface area contributed by atoms with Crippen LogP contribution in [0, 0.1) is 11.8 Å². The molecule has 2 aliphatic heterocycles. The fourth-order valence-corrected chi connectivity index (χ4v) is 6.46. The number of carbonyl (C=O) groups is 4. The number of amides is 1. The van der Waals surface area contributed by atoms with Crippen LogP contribution in [0.5, 0.6) is 23.0 Å². The number of benzene rings is 2. The first kappa shape index (κ1) is 41.2. The van der Waals surface area contributed by atoms with Gasteiger partial charge in [0.2, 0.25) is 5.91 Å². The van der Waals surface area contributed by atoms with Gasteiger partial charge in [0.15, 0.2) is 23.5 Å². The summed E-state index contributed by atoms with van der Waals surface area (Å²) in [5.74, 6) is -0.453. The van der Waals surface area contributed by atoms with Gasteiger partial charge in [-0.15, -0.1) is 0 Å². The third-order valence-electron chi connectivity index (χ3n) is 9.31. The second-order valence-corrected chi connectivity index (χ2v) is 14.3. The van der Waals surface area contributed by atoms with E-state index in [4.69, 9.17) is 47.6 Å². The summed E-state index contributed by atoms with van der Waals surface area (Å²) in [6.07, 6.45) is 6.37. The van der Waals surface area contributed by atoms with E-state index in [0.29, 0.717) is 63.3 Å². The van der Waals surface area contributed by atoms with E-state index >= 15 is 0 Å². The van der Waals surface area contributed by atoms with Crippen molar-refractivity contribution in [1.82, 2.24) is 0 Å². The number of guanidine groups is 2. The number of hydrogen-bond donors (Lipinski definition) is 5. The lowest BCUT2D eigenvalue weighted by molar-refractivity contribution is -0.128. The molecule has 2 heterocycles. The molecule has 0 bridgehead atoms. The zero-order valence-corrected chi connectivity index (χ0v) is 31.3. The van der Waals surface area contributed by atoms with Gasteiger partial charge in [0.1, 0.15) is 47.6 Å². The molecule has 15 heteroatoms. The molecule has 2 aromatic carbocycles. The summed E-state index contributed by atoms with van der Waals surface area (Å²) >= 11 is 0. The fourth-order valence-electron chi connectivity index (χ4n) is 6.46. The Bertz CT molecular complexity index is 1780. The van der Waals surface area contributed by atoms with Gasteiger partial charge in [-0.1, -0.05) is 12.1 Å². The number of fused-ring (bicyclic) bond motifs is 3. The van der Waals surface area contributed by atoms with Crippen LogP contribution in [0.15, 0.2) is 46.4 Å². The number of ketones is 3. The monoisotopic (exact) mass is 747 g/mol. The Balaban J connectivity index is 1.48. The molecule has 15 nitrogen and oxygen atoms in total. The van der Waals surface area contributed by atoms with Gasteiger partial charge < -0.3 is 47.6 Å². The smallest absolute Gasteiger partial charge is 0.220 e. The van der Waals surface area contributed by atoms with Crippen LogP contribution in [-0.4, -0.2) is 73.7 Å². The number of hydrogen-bond acceptors (Lipinski definition) is 10. The summed E-state index contributed by atoms with van der Waals surface area (Å²) < 4.78 is 24.5. The lowest BCUT2D eigenvalue weighted by Gasteiger charge is -2.32. The molecule has 3 unspecified atom stereocenters. The molecule has 10 N–H and O–H groups in total. The van der Waals surface area contributed by atoms with E-state index in [2.05, 4.69) is 9.98 Å². The van der Waals surface area contributed by atoms with Crippen LogP contribution < -0.4 is 47.6 Å². The minimum Gasteiger partial charge on any atom is -0.492 e. The summed E-state index contributed by atoms with van der Waals surface area (Å²) in [5, 5.41) is 0. The number of carbonyl (C=O) groups excluding carboxylic acids is 4. The standard InChI is InChI=1S/C39H53N7O8/c1-23(47)24(6-4-14-45-37(41)42)17-28(48)22-52-34-19-30(51-21-29(49)18-26(36(40)50)7-5-15-46-38(43)44)9-10-31(34)27-16-25-8-11-33-32(35(25)53-20-27)12-13-39(2,3)54-33/h8-13,19,24,26-27H,4-7,14-18,20-22H2,1-3H3,(H2,40,50)(H4,41,42,45)(H4,43,44,46). The largest absolute Gasteiger partial charge is 0.492 e. The number of rotatable bonds is 21. The molecule has 2 aliphatic rings. The fraction of sp³-hybridized carbons (Fsp3) is 0.487. The number of nitrogens with two attached hydrogens (primary N) is 5. The summed E-state index contributed by atoms with van der Waals surface area (Å²) in [7, 11) is 0. The molecule has 0 fully saturated rings. The van der Waals surface area contributed by atoms with Crippen molar-refractivity contribution in [3.8, 4) is 23.0 Å². The molecule has 4 rings (SSSR count). The molecule has 54 heavy (non-hydrogen) atoms. The molecular weight excluding hydrogens is 694 g/mol. The Labute approximate surface area is 315 Å². The molecule has 0 aromatic heterocycles. The average molecular weight is 748 g/mol. The highest BCUT2D eigenvalue weighted by Crippen LogP contribution is 2.44. The first-order valence-electron chi connectivity index (χ1n) is 18.1. The van der Waals surface area contributed by atoms with Gasteiger partial charge in [0, 0.05) is 55.3 Å². The van der Waals surface area contributed by atoms with Crippen molar-refractivity contribution in [1.29, 1.82) is 0 Å². The van der Waals surface area contributed by atoms with E-state index in [-0.39, 0.29) is 61.2 Å². The van der Waals surface area contributed by atoms with Gasteiger partial charge in [0.25, 0.3) is 0 Å². The minimum atomic E-state index is -0.693. The molecule has 0 saturated carbocycles. The van der Waals surface area contributed by atoms with Crippen molar-refractivity contribution in [2.75, 3.05) is 32.9 Å². The molecule has 0 aliphatic carbocycles. The summed E-state index contributed by atoms with van der Waals surface area (Å²) in [6.45, 7) is 5.84. The Morgan fingerprint density at radius 2 is 1.50 bits per heavy atom. The third kappa shape index (κ3) is 12.2. The summed E-state index contributed by atoms with van der Waals surface area (Å²) in [6, 6.07) is 9.14. The van der Waals surface area contributed by atoms with Crippen LogP contribution in [0.25, 0.3) is 6.08 Å². The minimum absolute atomic E-state index is 0.00157. The maximum atomic E-state index is 13.2. The highest BCUT2D eigenvalue weighted by molar-refractivity contribution is 5.88. The number of aliphatic imine (C=N–C) groups is 2. The van der Waals surface area contributed by atoms with Crippen LogP contribution in [0.2, 0.25) is 0 Å². The zero-order valence-electron chi connectivity index (χ0n) is 31.3. The van der Waals surface area contributed by atoms with Gasteiger partial charge in [-0.3, -0.25) is 29.2 Å². The molecular formula is C39H53N7O8. The normalized spacial score (nSPS) is 16.2. The average Bonchev–Trinajstić information content (AvgIpc) is 3.11. The molecule has 1 amide bonds. The molecule has 0 radical (unpaired) electrons. The van der Waals surface area contributed by atoms with E-state index in [0.717, 1.165) is 28.2 Å². The summed E-state index contributed by atoms with van der Waals surface area (Å²) in [5.41, 5.74) is 29.3. The quantitative estimate of drug-likeness (QED) is 0.0702. The maximum Gasteiger partial charge on any atom is 0.220 e. The van der Waals surface area contributed by atoms with Gasteiger partial charge >= 0.3 is 0 Å². The highest BCUT2D eigenvalue weighted by atomic mass is 16.5. The number of primary amides is 1. The SMILES string of the molecule is CC(=O)C(CCCN=C(N)N)CC(=O)COc1cc(OCC(=O)CC(CCCN=C(N)N)C(N)=O)ccc1C1COc2c(ccc3c2C=CC(C)(C)O3)C1. The maximum absolute atomic E-state index is 13.2. The number of ether oxygens (including phenoxy) is 4. The second-order valence-electron chi connectivity index (χ2n) is 14.3. The lowest BCUT2D eigenvalue weighted by Crippen LogP contribution is -2.28. The third-order valence-corrected chi connectivity index (χ3v) is 9.31. The van der Waals surface area contributed by atoms with Crippen molar-refractivity contribution in [3.63, 3.8) is 0 Å². The first-order valence-corrected chi connectivity index (χ1v) is 18.1. The Morgan fingerprint density at radius 3 is 2.13 bits per heavy atom. The topological polar surface area (TPSA) is 260 Å². The van der Waals surface area contributed by atoms with Crippen molar-refractivity contribution >= 4 is 41.3 Å². The number of Topliss-reactive ketones (excluding diaryl/α,β-unsaturated/α-hetero) is 3. The zero-order chi connectivity index (χ0) is 39.4. The highest BCUT2D eigenvalue weighted by Gasteiger charge is 2.31. The van der Waals surface area contributed by atoms with Crippen LogP contribution in [0.3, 0.4) is 0 Å². The summed E-state index contributed by atoms with van der Waals surface area (Å²) in [4.78, 5) is 58.2. The van der Waals surface area contributed by atoms with Crippen LogP contribution in [-0.2, 0) is 25.6 Å². The Hall–Kier alpha value is -5.60. The van der Waals surface area contributed by atoms with E-state index < -0.39 is 23.3 Å². The van der Waals surface area contributed by atoms with Crippen molar-refractivity contribution in [3.05, 3.63) is 53.1 Å². The van der Waals surface area contributed by atoms with Crippen LogP contribution >= 0.6 is 0 Å². The molecule has 2 aromatic rings. The number of nitrogens with zero attached hydrogens (tertiary/aromatic N) is 2. The van der Waals surface area contributed by atoms with Crippen molar-refractivity contribution in [2.45, 2.75) is 77.2 Å².